The SMILES string of the molecule is COc1cccn2cc(C3CCCCC3)nc12. The average Bonchev–Trinajstić information content (AvgIpc) is 2.83. The number of pyridine rings is 1. The number of hydrogen-bond acceptors (Lipinski definition) is 2. The van der Waals surface area contributed by atoms with Crippen molar-refractivity contribution < 1.29 is 4.74 Å². The smallest absolute Gasteiger partial charge is 0.179 e. The summed E-state index contributed by atoms with van der Waals surface area (Å²) in [5.41, 5.74) is 2.17. The van der Waals surface area contributed by atoms with Crippen LogP contribution in [0.5, 0.6) is 5.75 Å². The molecule has 0 aliphatic heterocycles. The first-order valence-corrected chi connectivity index (χ1v) is 6.40. The maximum atomic E-state index is 5.34. The Hall–Kier alpha value is -1.51. The minimum Gasteiger partial charge on any atom is -0.493 e. The van der Waals surface area contributed by atoms with E-state index in [1.54, 1.807) is 7.11 Å². The van der Waals surface area contributed by atoms with E-state index in [0.717, 1.165) is 11.4 Å². The third kappa shape index (κ3) is 1.90. The summed E-state index contributed by atoms with van der Waals surface area (Å²) in [5, 5.41) is 0. The number of rotatable bonds is 2. The number of aromatic nitrogens is 2. The zero-order valence-electron chi connectivity index (χ0n) is 10.2. The fourth-order valence-corrected chi connectivity index (χ4v) is 2.76. The lowest BCUT2D eigenvalue weighted by atomic mass is 9.87. The van der Waals surface area contributed by atoms with Crippen molar-refractivity contribution >= 4 is 5.65 Å². The summed E-state index contributed by atoms with van der Waals surface area (Å²) in [6.07, 6.45) is 10.8. The third-order valence-electron chi connectivity index (χ3n) is 3.71. The second kappa shape index (κ2) is 4.40. The number of ether oxygens (including phenoxy) is 1. The standard InChI is InChI=1S/C14H18N2O/c1-17-13-8-5-9-16-10-12(15-14(13)16)11-6-3-2-4-7-11/h5,8-11H,2-4,6-7H2,1H3. The van der Waals surface area contributed by atoms with E-state index in [9.17, 15) is 0 Å². The molecule has 0 amide bonds. The maximum absolute atomic E-state index is 5.34. The Morgan fingerprint density at radius 1 is 1.29 bits per heavy atom. The molecule has 0 radical (unpaired) electrons. The first-order chi connectivity index (χ1) is 8.38. The predicted molar refractivity (Wildman–Crippen MR) is 67.6 cm³/mol. The molecule has 3 nitrogen and oxygen atoms in total. The molecule has 1 aliphatic carbocycles. The van der Waals surface area contributed by atoms with E-state index in [1.165, 1.54) is 37.8 Å². The van der Waals surface area contributed by atoms with E-state index in [-0.39, 0.29) is 0 Å². The van der Waals surface area contributed by atoms with Gasteiger partial charge < -0.3 is 9.14 Å². The van der Waals surface area contributed by atoms with Crippen molar-refractivity contribution in [1.29, 1.82) is 0 Å². The quantitative estimate of drug-likeness (QED) is 0.790. The van der Waals surface area contributed by atoms with Crippen molar-refractivity contribution in [3.8, 4) is 5.75 Å². The normalized spacial score (nSPS) is 17.5. The minimum atomic E-state index is 0.647. The maximum Gasteiger partial charge on any atom is 0.179 e. The van der Waals surface area contributed by atoms with E-state index in [4.69, 9.17) is 9.72 Å². The Morgan fingerprint density at radius 3 is 2.88 bits per heavy atom. The lowest BCUT2D eigenvalue weighted by Crippen LogP contribution is -2.04. The van der Waals surface area contributed by atoms with E-state index < -0.39 is 0 Å². The molecule has 2 aromatic heterocycles. The second-order valence-corrected chi connectivity index (χ2v) is 4.81. The van der Waals surface area contributed by atoms with Gasteiger partial charge in [0.05, 0.1) is 12.8 Å². The van der Waals surface area contributed by atoms with Gasteiger partial charge in [0.2, 0.25) is 0 Å². The van der Waals surface area contributed by atoms with Crippen molar-refractivity contribution in [2.75, 3.05) is 7.11 Å². The van der Waals surface area contributed by atoms with E-state index in [0.29, 0.717) is 5.92 Å². The molecule has 0 atom stereocenters. The highest BCUT2D eigenvalue weighted by atomic mass is 16.5. The highest BCUT2D eigenvalue weighted by Gasteiger charge is 2.19. The van der Waals surface area contributed by atoms with Gasteiger partial charge in [0.15, 0.2) is 11.4 Å². The van der Waals surface area contributed by atoms with E-state index >= 15 is 0 Å². The van der Waals surface area contributed by atoms with Gasteiger partial charge in [-0.1, -0.05) is 19.3 Å². The van der Waals surface area contributed by atoms with Crippen molar-refractivity contribution in [1.82, 2.24) is 9.38 Å². The highest BCUT2D eigenvalue weighted by Crippen LogP contribution is 2.33. The van der Waals surface area contributed by atoms with Crippen LogP contribution in [0.1, 0.15) is 43.7 Å². The van der Waals surface area contributed by atoms with Crippen LogP contribution in [0, 0.1) is 0 Å². The lowest BCUT2D eigenvalue weighted by Gasteiger charge is -2.19. The summed E-state index contributed by atoms with van der Waals surface area (Å²) in [6.45, 7) is 0. The van der Waals surface area contributed by atoms with Gasteiger partial charge in [-0.25, -0.2) is 4.98 Å². The number of nitrogens with zero attached hydrogens (tertiary/aromatic N) is 2. The molecule has 1 saturated carbocycles. The van der Waals surface area contributed by atoms with Gasteiger partial charge in [0.1, 0.15) is 0 Å². The summed E-state index contributed by atoms with van der Waals surface area (Å²) < 4.78 is 7.42. The first kappa shape index (κ1) is 10.6. The largest absolute Gasteiger partial charge is 0.493 e. The van der Waals surface area contributed by atoms with Crippen molar-refractivity contribution in [2.24, 2.45) is 0 Å². The second-order valence-electron chi connectivity index (χ2n) is 4.81. The van der Waals surface area contributed by atoms with Gasteiger partial charge in [-0.15, -0.1) is 0 Å². The molecule has 0 bridgehead atoms. The first-order valence-electron chi connectivity index (χ1n) is 6.40. The van der Waals surface area contributed by atoms with Crippen LogP contribution in [0.25, 0.3) is 5.65 Å². The van der Waals surface area contributed by atoms with Crippen LogP contribution < -0.4 is 4.74 Å². The molecule has 1 fully saturated rings. The van der Waals surface area contributed by atoms with Gasteiger partial charge in [0.25, 0.3) is 0 Å². The van der Waals surface area contributed by atoms with Crippen molar-refractivity contribution in [3.63, 3.8) is 0 Å². The Labute approximate surface area is 101 Å². The Bertz CT molecular complexity index is 512. The number of imidazole rings is 1. The average molecular weight is 230 g/mol. The summed E-state index contributed by atoms with van der Waals surface area (Å²) in [6, 6.07) is 3.96. The number of fused-ring (bicyclic) bond motifs is 1. The molecule has 0 aromatic carbocycles. The molecular formula is C14H18N2O. The van der Waals surface area contributed by atoms with Crippen molar-refractivity contribution in [3.05, 3.63) is 30.2 Å². The van der Waals surface area contributed by atoms with Gasteiger partial charge in [-0.3, -0.25) is 0 Å². The minimum absolute atomic E-state index is 0.647. The van der Waals surface area contributed by atoms with Crippen LogP contribution in [0.2, 0.25) is 0 Å². The van der Waals surface area contributed by atoms with Crippen LogP contribution in [0.3, 0.4) is 0 Å². The molecule has 0 N–H and O–H groups in total. The zero-order chi connectivity index (χ0) is 11.7. The topological polar surface area (TPSA) is 26.5 Å². The summed E-state index contributed by atoms with van der Waals surface area (Å²) >= 11 is 0. The third-order valence-corrected chi connectivity index (χ3v) is 3.71. The van der Waals surface area contributed by atoms with Crippen LogP contribution in [0.15, 0.2) is 24.5 Å². The van der Waals surface area contributed by atoms with Crippen LogP contribution in [-0.2, 0) is 0 Å². The van der Waals surface area contributed by atoms with Gasteiger partial charge in [0, 0.05) is 18.3 Å². The Balaban J connectivity index is 2.00. The van der Waals surface area contributed by atoms with Crippen LogP contribution in [0.4, 0.5) is 0 Å². The fraction of sp³-hybridized carbons (Fsp3) is 0.500. The molecule has 0 unspecified atom stereocenters. The van der Waals surface area contributed by atoms with E-state index in [1.807, 2.05) is 18.3 Å². The van der Waals surface area contributed by atoms with E-state index in [2.05, 4.69) is 10.6 Å². The number of methoxy groups -OCH3 is 1. The van der Waals surface area contributed by atoms with Crippen LogP contribution in [-0.4, -0.2) is 16.5 Å². The highest BCUT2D eigenvalue weighted by molar-refractivity contribution is 5.54. The Kier molecular flexibility index (Phi) is 2.75. The molecular weight excluding hydrogens is 212 g/mol. The van der Waals surface area contributed by atoms with Crippen LogP contribution >= 0.6 is 0 Å². The molecule has 2 aromatic rings. The number of hydrogen-bond donors (Lipinski definition) is 0. The molecule has 0 saturated heterocycles. The Morgan fingerprint density at radius 2 is 2.12 bits per heavy atom. The molecule has 3 heteroatoms. The zero-order valence-corrected chi connectivity index (χ0v) is 10.2. The molecule has 1 aliphatic rings. The van der Waals surface area contributed by atoms with Gasteiger partial charge in [-0.2, -0.15) is 0 Å². The monoisotopic (exact) mass is 230 g/mol. The molecule has 2 heterocycles. The molecule has 3 rings (SSSR count). The molecule has 90 valence electrons. The summed E-state index contributed by atoms with van der Waals surface area (Å²) in [4.78, 5) is 4.75. The summed E-state index contributed by atoms with van der Waals surface area (Å²) in [5.74, 6) is 1.50. The summed E-state index contributed by atoms with van der Waals surface area (Å²) in [7, 11) is 1.70. The lowest BCUT2D eigenvalue weighted by molar-refractivity contribution is 0.416. The van der Waals surface area contributed by atoms with Crippen molar-refractivity contribution in [2.45, 2.75) is 38.0 Å². The molecule has 17 heavy (non-hydrogen) atoms. The van der Waals surface area contributed by atoms with Gasteiger partial charge >= 0.3 is 0 Å². The molecule has 0 spiro atoms. The predicted octanol–water partition coefficient (Wildman–Crippen LogP) is 3.39. The van der Waals surface area contributed by atoms with Gasteiger partial charge in [-0.05, 0) is 25.0 Å². The fourth-order valence-electron chi connectivity index (χ4n) is 2.76.